The molecule has 3 nitrogen and oxygen atoms in total. The van der Waals surface area contributed by atoms with Gasteiger partial charge >= 0.3 is 0 Å². The number of amides is 1. The van der Waals surface area contributed by atoms with Crippen molar-refractivity contribution in [2.45, 2.75) is 18.8 Å². The summed E-state index contributed by atoms with van der Waals surface area (Å²) in [5.41, 5.74) is 7.51. The number of nitrogens with two attached hydrogens (primary N) is 1. The lowest BCUT2D eigenvalue weighted by molar-refractivity contribution is -0.116. The Morgan fingerprint density at radius 1 is 1.53 bits per heavy atom. The third kappa shape index (κ3) is 2.13. The normalized spacial score (nSPS) is 19.6. The fraction of sp³-hybridized carbons (Fsp3) is 0.364. The molecule has 0 aromatic heterocycles. The second kappa shape index (κ2) is 4.21. The van der Waals surface area contributed by atoms with E-state index in [1.54, 1.807) is 6.07 Å². The Hall–Kier alpha value is -1.06. The monoisotopic (exact) mass is 224 g/mol. The maximum absolute atomic E-state index is 11.4. The molecule has 0 saturated heterocycles. The van der Waals surface area contributed by atoms with Crippen LogP contribution in [0.15, 0.2) is 18.2 Å². The Labute approximate surface area is 93.6 Å². The Morgan fingerprint density at radius 3 is 3.07 bits per heavy atom. The third-order valence-electron chi connectivity index (χ3n) is 2.67. The van der Waals surface area contributed by atoms with Gasteiger partial charge in [0.05, 0.1) is 0 Å². The highest BCUT2D eigenvalue weighted by atomic mass is 35.5. The average Bonchev–Trinajstić information content (AvgIpc) is 2.19. The molecule has 80 valence electrons. The lowest BCUT2D eigenvalue weighted by Crippen LogP contribution is -2.24. The quantitative estimate of drug-likeness (QED) is 0.809. The van der Waals surface area contributed by atoms with Crippen LogP contribution in [0.1, 0.15) is 24.3 Å². The van der Waals surface area contributed by atoms with Crippen LogP contribution in [0.5, 0.6) is 0 Å². The van der Waals surface area contributed by atoms with Crippen LogP contribution in [-0.4, -0.2) is 12.5 Å². The SMILES string of the molecule is NCCC1CC(=O)Nc2ccc(Cl)cc21. The van der Waals surface area contributed by atoms with Crippen molar-refractivity contribution in [1.29, 1.82) is 0 Å². The second-order valence-corrected chi connectivity index (χ2v) is 4.19. The van der Waals surface area contributed by atoms with E-state index in [0.717, 1.165) is 17.7 Å². The van der Waals surface area contributed by atoms with Gasteiger partial charge in [0.1, 0.15) is 0 Å². The zero-order valence-electron chi connectivity index (χ0n) is 8.29. The van der Waals surface area contributed by atoms with Crippen molar-refractivity contribution < 1.29 is 4.79 Å². The fourth-order valence-corrected chi connectivity index (χ4v) is 2.16. The van der Waals surface area contributed by atoms with E-state index >= 15 is 0 Å². The summed E-state index contributed by atoms with van der Waals surface area (Å²) in [6.07, 6.45) is 1.32. The number of carbonyl (C=O) groups excluding carboxylic acids is 1. The summed E-state index contributed by atoms with van der Waals surface area (Å²) in [5.74, 6) is 0.265. The minimum atomic E-state index is 0.0586. The van der Waals surface area contributed by atoms with Crippen LogP contribution in [0, 0.1) is 0 Å². The van der Waals surface area contributed by atoms with Gasteiger partial charge in [-0.25, -0.2) is 0 Å². The van der Waals surface area contributed by atoms with Crippen molar-refractivity contribution in [3.63, 3.8) is 0 Å². The summed E-state index contributed by atoms with van der Waals surface area (Å²) < 4.78 is 0. The molecule has 1 amide bonds. The van der Waals surface area contributed by atoms with Crippen molar-refractivity contribution in [2.75, 3.05) is 11.9 Å². The molecule has 1 heterocycles. The Morgan fingerprint density at radius 2 is 2.33 bits per heavy atom. The minimum Gasteiger partial charge on any atom is -0.330 e. The van der Waals surface area contributed by atoms with Gasteiger partial charge in [-0.15, -0.1) is 0 Å². The highest BCUT2D eigenvalue weighted by Crippen LogP contribution is 2.35. The largest absolute Gasteiger partial charge is 0.330 e. The maximum atomic E-state index is 11.4. The van der Waals surface area contributed by atoms with Gasteiger partial charge in [0, 0.05) is 17.1 Å². The van der Waals surface area contributed by atoms with Crippen molar-refractivity contribution in [3.05, 3.63) is 28.8 Å². The van der Waals surface area contributed by atoms with Gasteiger partial charge in [-0.1, -0.05) is 11.6 Å². The van der Waals surface area contributed by atoms with Crippen LogP contribution in [0.4, 0.5) is 5.69 Å². The lowest BCUT2D eigenvalue weighted by atomic mass is 9.88. The molecule has 0 saturated carbocycles. The Balaban J connectivity index is 2.38. The number of halogens is 1. The Bertz CT molecular complexity index is 392. The molecule has 1 atom stereocenters. The van der Waals surface area contributed by atoms with E-state index < -0.39 is 0 Å². The first kappa shape index (κ1) is 10.5. The number of benzene rings is 1. The van der Waals surface area contributed by atoms with Gasteiger partial charge in [0.2, 0.25) is 5.91 Å². The van der Waals surface area contributed by atoms with E-state index in [0.29, 0.717) is 18.0 Å². The predicted molar refractivity (Wildman–Crippen MR) is 61.1 cm³/mol. The van der Waals surface area contributed by atoms with Crippen LogP contribution in [-0.2, 0) is 4.79 Å². The molecular weight excluding hydrogens is 212 g/mol. The zero-order chi connectivity index (χ0) is 10.8. The third-order valence-corrected chi connectivity index (χ3v) is 2.91. The smallest absolute Gasteiger partial charge is 0.224 e. The molecular formula is C11H13ClN2O. The van der Waals surface area contributed by atoms with Gasteiger partial charge in [0.25, 0.3) is 0 Å². The maximum Gasteiger partial charge on any atom is 0.224 e. The standard InChI is InChI=1S/C11H13ClN2O/c12-8-1-2-10-9(6-8)7(3-4-13)5-11(15)14-10/h1-2,6-7H,3-5,13H2,(H,14,15). The number of hydrogen-bond donors (Lipinski definition) is 2. The van der Waals surface area contributed by atoms with Gasteiger partial charge in [0.15, 0.2) is 0 Å². The highest BCUT2D eigenvalue weighted by molar-refractivity contribution is 6.30. The van der Waals surface area contributed by atoms with Gasteiger partial charge < -0.3 is 11.1 Å². The van der Waals surface area contributed by atoms with Gasteiger partial charge in [-0.05, 0) is 42.6 Å². The molecule has 1 unspecified atom stereocenters. The molecule has 0 radical (unpaired) electrons. The molecule has 1 aromatic rings. The summed E-state index contributed by atoms with van der Waals surface area (Å²) in [4.78, 5) is 11.4. The van der Waals surface area contributed by atoms with E-state index in [9.17, 15) is 4.79 Å². The van der Waals surface area contributed by atoms with Crippen molar-refractivity contribution in [2.24, 2.45) is 5.73 Å². The van der Waals surface area contributed by atoms with Crippen LogP contribution >= 0.6 is 11.6 Å². The molecule has 15 heavy (non-hydrogen) atoms. The molecule has 1 aliphatic rings. The van der Waals surface area contributed by atoms with Crippen LogP contribution in [0.2, 0.25) is 5.02 Å². The molecule has 1 aliphatic heterocycles. The topological polar surface area (TPSA) is 55.1 Å². The summed E-state index contributed by atoms with van der Waals surface area (Å²) in [6.45, 7) is 0.587. The molecule has 2 rings (SSSR count). The van der Waals surface area contributed by atoms with E-state index in [2.05, 4.69) is 5.32 Å². The number of nitrogens with one attached hydrogen (secondary N) is 1. The minimum absolute atomic E-state index is 0.0586. The van der Waals surface area contributed by atoms with Crippen molar-refractivity contribution in [3.8, 4) is 0 Å². The van der Waals surface area contributed by atoms with Crippen molar-refractivity contribution >= 4 is 23.2 Å². The predicted octanol–water partition coefficient (Wildman–Crippen LogP) is 2.11. The first-order valence-electron chi connectivity index (χ1n) is 5.00. The molecule has 0 aliphatic carbocycles. The number of hydrogen-bond acceptors (Lipinski definition) is 2. The van der Waals surface area contributed by atoms with Crippen LogP contribution < -0.4 is 11.1 Å². The Kier molecular flexibility index (Phi) is 2.93. The number of rotatable bonds is 2. The highest BCUT2D eigenvalue weighted by Gasteiger charge is 2.24. The summed E-state index contributed by atoms with van der Waals surface area (Å²) in [5, 5.41) is 3.54. The van der Waals surface area contributed by atoms with E-state index in [1.165, 1.54) is 0 Å². The molecule has 0 bridgehead atoms. The molecule has 0 spiro atoms. The van der Waals surface area contributed by atoms with E-state index in [4.69, 9.17) is 17.3 Å². The summed E-state index contributed by atoms with van der Waals surface area (Å²) in [7, 11) is 0. The van der Waals surface area contributed by atoms with Gasteiger partial charge in [-0.3, -0.25) is 4.79 Å². The van der Waals surface area contributed by atoms with Crippen molar-refractivity contribution in [1.82, 2.24) is 0 Å². The molecule has 3 N–H and O–H groups in total. The van der Waals surface area contributed by atoms with Crippen LogP contribution in [0.25, 0.3) is 0 Å². The molecule has 1 aromatic carbocycles. The number of fused-ring (bicyclic) bond motifs is 1. The zero-order valence-corrected chi connectivity index (χ0v) is 9.05. The number of carbonyl (C=O) groups is 1. The summed E-state index contributed by atoms with van der Waals surface area (Å²) >= 11 is 5.93. The van der Waals surface area contributed by atoms with E-state index in [-0.39, 0.29) is 11.8 Å². The average molecular weight is 225 g/mol. The second-order valence-electron chi connectivity index (χ2n) is 3.76. The molecule has 0 fully saturated rings. The first-order chi connectivity index (χ1) is 7.20. The van der Waals surface area contributed by atoms with E-state index in [1.807, 2.05) is 12.1 Å². The fourth-order valence-electron chi connectivity index (χ4n) is 1.98. The summed E-state index contributed by atoms with van der Waals surface area (Å²) in [6, 6.07) is 5.54. The molecule has 4 heteroatoms. The van der Waals surface area contributed by atoms with Gasteiger partial charge in [-0.2, -0.15) is 0 Å². The lowest BCUT2D eigenvalue weighted by Gasteiger charge is -2.25. The number of anilines is 1. The first-order valence-corrected chi connectivity index (χ1v) is 5.38. The van der Waals surface area contributed by atoms with Crippen LogP contribution in [0.3, 0.4) is 0 Å².